The summed E-state index contributed by atoms with van der Waals surface area (Å²) in [4.78, 5) is 10.7. The summed E-state index contributed by atoms with van der Waals surface area (Å²) >= 11 is 3.42. The van der Waals surface area contributed by atoms with Gasteiger partial charge in [-0.15, -0.1) is 0 Å². The fraction of sp³-hybridized carbons (Fsp3) is 0.667. The number of anilines is 2. The van der Waals surface area contributed by atoms with E-state index in [0.29, 0.717) is 18.0 Å². The van der Waals surface area contributed by atoms with Crippen LogP contribution < -0.4 is 16.6 Å². The van der Waals surface area contributed by atoms with Crippen molar-refractivity contribution in [1.29, 1.82) is 0 Å². The minimum absolute atomic E-state index is 0.398. The van der Waals surface area contributed by atoms with Gasteiger partial charge in [0.25, 0.3) is 0 Å². The normalized spacial score (nSPS) is 11.4. The fourth-order valence-electron chi connectivity index (χ4n) is 1.98. The first-order chi connectivity index (χ1) is 8.95. The average Bonchev–Trinajstić information content (AvgIpc) is 2.35. The van der Waals surface area contributed by atoms with Gasteiger partial charge in [0.1, 0.15) is 5.82 Å². The second kappa shape index (κ2) is 7.62. The van der Waals surface area contributed by atoms with E-state index in [1.54, 1.807) is 6.20 Å². The molecule has 1 heterocycles. The van der Waals surface area contributed by atoms with Crippen LogP contribution in [0.2, 0.25) is 0 Å². The van der Waals surface area contributed by atoms with E-state index in [2.05, 4.69) is 69.2 Å². The van der Waals surface area contributed by atoms with Crippen molar-refractivity contribution in [2.45, 2.75) is 39.8 Å². The average molecular weight is 331 g/mol. The van der Waals surface area contributed by atoms with Crippen molar-refractivity contribution in [3.8, 4) is 0 Å². The number of halogens is 1. The van der Waals surface area contributed by atoms with Gasteiger partial charge in [0.2, 0.25) is 5.95 Å². The summed E-state index contributed by atoms with van der Waals surface area (Å²) in [6.45, 7) is 10.6. The Kier molecular flexibility index (Phi) is 6.47. The molecule has 0 aliphatic carbocycles. The van der Waals surface area contributed by atoms with Crippen molar-refractivity contribution in [3.05, 3.63) is 10.7 Å². The highest BCUT2D eigenvalue weighted by Gasteiger charge is 2.13. The van der Waals surface area contributed by atoms with Crippen LogP contribution in [0, 0.1) is 0 Å². The van der Waals surface area contributed by atoms with Crippen LogP contribution in [0.1, 0.15) is 27.7 Å². The summed E-state index contributed by atoms with van der Waals surface area (Å²) in [6, 6.07) is 1.05. The summed E-state index contributed by atoms with van der Waals surface area (Å²) in [5.41, 5.74) is 2.44. The number of hydrogen-bond donors (Lipinski definition) is 3. The molecule has 1 rings (SSSR count). The molecule has 0 atom stereocenters. The lowest BCUT2D eigenvalue weighted by Crippen LogP contribution is -2.40. The van der Waals surface area contributed by atoms with Crippen molar-refractivity contribution < 1.29 is 0 Å². The molecule has 0 fully saturated rings. The van der Waals surface area contributed by atoms with E-state index in [9.17, 15) is 0 Å². The monoisotopic (exact) mass is 330 g/mol. The Hall–Kier alpha value is -0.920. The van der Waals surface area contributed by atoms with E-state index in [4.69, 9.17) is 5.84 Å². The Morgan fingerprint density at radius 3 is 2.47 bits per heavy atom. The maximum atomic E-state index is 5.30. The van der Waals surface area contributed by atoms with Gasteiger partial charge in [-0.3, -0.25) is 10.3 Å². The first-order valence-corrected chi connectivity index (χ1v) is 7.23. The first-order valence-electron chi connectivity index (χ1n) is 6.44. The number of aromatic nitrogens is 2. The summed E-state index contributed by atoms with van der Waals surface area (Å²) in [6.07, 6.45) is 1.67. The van der Waals surface area contributed by atoms with Gasteiger partial charge in [0, 0.05) is 31.4 Å². The lowest BCUT2D eigenvalue weighted by molar-refractivity contribution is 0.182. The number of nitrogen functional groups attached to an aromatic ring is 1. The van der Waals surface area contributed by atoms with Gasteiger partial charge in [0.05, 0.1) is 4.47 Å². The highest BCUT2D eigenvalue weighted by Crippen LogP contribution is 2.19. The van der Waals surface area contributed by atoms with E-state index >= 15 is 0 Å². The predicted molar refractivity (Wildman–Crippen MR) is 83.0 cm³/mol. The quantitative estimate of drug-likeness (QED) is 0.524. The van der Waals surface area contributed by atoms with Gasteiger partial charge in [-0.05, 0) is 43.6 Å². The number of hydrazine groups is 1. The number of nitrogens with zero attached hydrogens (tertiary/aromatic N) is 3. The van der Waals surface area contributed by atoms with Crippen LogP contribution in [0.15, 0.2) is 10.7 Å². The Labute approximate surface area is 123 Å². The van der Waals surface area contributed by atoms with E-state index in [-0.39, 0.29) is 0 Å². The van der Waals surface area contributed by atoms with Gasteiger partial charge in [0.15, 0.2) is 0 Å². The molecule has 1 aromatic heterocycles. The van der Waals surface area contributed by atoms with Crippen LogP contribution in [-0.4, -0.2) is 40.0 Å². The van der Waals surface area contributed by atoms with Crippen LogP contribution in [0.25, 0.3) is 0 Å². The second-order valence-corrected chi connectivity index (χ2v) is 5.74. The van der Waals surface area contributed by atoms with Crippen molar-refractivity contribution in [2.24, 2.45) is 5.84 Å². The topological polar surface area (TPSA) is 79.1 Å². The van der Waals surface area contributed by atoms with Gasteiger partial charge >= 0.3 is 0 Å². The molecule has 0 amide bonds. The molecule has 108 valence electrons. The molecule has 0 aliphatic heterocycles. The van der Waals surface area contributed by atoms with Crippen LogP contribution in [-0.2, 0) is 0 Å². The molecule has 0 unspecified atom stereocenters. The number of nitrogens with one attached hydrogen (secondary N) is 2. The molecule has 6 nitrogen and oxygen atoms in total. The lowest BCUT2D eigenvalue weighted by atomic mass is 10.2. The Morgan fingerprint density at radius 2 is 1.95 bits per heavy atom. The zero-order valence-electron chi connectivity index (χ0n) is 11.9. The molecule has 19 heavy (non-hydrogen) atoms. The standard InChI is InChI=1S/C12H23BrN6/c1-8(2)19(9(3)4)6-5-15-11-10(13)7-16-12(17-11)18-14/h7-9H,5-6,14H2,1-4H3,(H2,15,16,17,18). The molecule has 1 aromatic rings. The van der Waals surface area contributed by atoms with Crippen molar-refractivity contribution in [3.63, 3.8) is 0 Å². The Balaban J connectivity index is 2.57. The predicted octanol–water partition coefficient (Wildman–Crippen LogP) is 2.06. The van der Waals surface area contributed by atoms with Crippen LogP contribution in [0.5, 0.6) is 0 Å². The van der Waals surface area contributed by atoms with E-state index in [1.165, 1.54) is 0 Å². The molecule has 4 N–H and O–H groups in total. The molecule has 0 aromatic carbocycles. The molecule has 0 bridgehead atoms. The van der Waals surface area contributed by atoms with E-state index < -0.39 is 0 Å². The minimum Gasteiger partial charge on any atom is -0.368 e. The number of hydrogen-bond acceptors (Lipinski definition) is 6. The number of rotatable bonds is 7. The van der Waals surface area contributed by atoms with Crippen LogP contribution >= 0.6 is 15.9 Å². The third-order valence-electron chi connectivity index (χ3n) is 2.86. The lowest BCUT2D eigenvalue weighted by Gasteiger charge is -2.30. The molecular weight excluding hydrogens is 308 g/mol. The van der Waals surface area contributed by atoms with Gasteiger partial charge < -0.3 is 5.32 Å². The third kappa shape index (κ3) is 4.93. The SMILES string of the molecule is CC(C)N(CCNc1nc(NN)ncc1Br)C(C)C. The smallest absolute Gasteiger partial charge is 0.239 e. The maximum Gasteiger partial charge on any atom is 0.239 e. The van der Waals surface area contributed by atoms with Gasteiger partial charge in [-0.1, -0.05) is 0 Å². The summed E-state index contributed by atoms with van der Waals surface area (Å²) in [7, 11) is 0. The third-order valence-corrected chi connectivity index (χ3v) is 3.44. The minimum atomic E-state index is 0.398. The van der Waals surface area contributed by atoms with Crippen molar-refractivity contribution >= 4 is 27.7 Å². The molecule has 0 aliphatic rings. The highest BCUT2D eigenvalue weighted by atomic mass is 79.9. The highest BCUT2D eigenvalue weighted by molar-refractivity contribution is 9.10. The number of nitrogens with two attached hydrogens (primary N) is 1. The summed E-state index contributed by atoms with van der Waals surface area (Å²) in [5.74, 6) is 6.44. The summed E-state index contributed by atoms with van der Waals surface area (Å²) in [5, 5.41) is 3.29. The van der Waals surface area contributed by atoms with Crippen LogP contribution in [0.3, 0.4) is 0 Å². The molecule has 0 saturated heterocycles. The molecule has 0 radical (unpaired) electrons. The maximum absolute atomic E-state index is 5.30. The van der Waals surface area contributed by atoms with E-state index in [0.717, 1.165) is 23.4 Å². The molecule has 7 heteroatoms. The van der Waals surface area contributed by atoms with Crippen LogP contribution in [0.4, 0.5) is 11.8 Å². The van der Waals surface area contributed by atoms with E-state index in [1.807, 2.05) is 0 Å². The second-order valence-electron chi connectivity index (χ2n) is 4.89. The van der Waals surface area contributed by atoms with Gasteiger partial charge in [-0.2, -0.15) is 4.98 Å². The van der Waals surface area contributed by atoms with Gasteiger partial charge in [-0.25, -0.2) is 10.8 Å². The first kappa shape index (κ1) is 16.1. The Morgan fingerprint density at radius 1 is 1.32 bits per heavy atom. The summed E-state index contributed by atoms with van der Waals surface area (Å²) < 4.78 is 0.826. The molecule has 0 saturated carbocycles. The zero-order chi connectivity index (χ0) is 14.4. The fourth-order valence-corrected chi connectivity index (χ4v) is 2.31. The Bertz CT molecular complexity index is 388. The zero-order valence-corrected chi connectivity index (χ0v) is 13.5. The largest absolute Gasteiger partial charge is 0.368 e. The van der Waals surface area contributed by atoms with Crippen molar-refractivity contribution in [1.82, 2.24) is 14.9 Å². The molecular formula is C12H23BrN6. The molecule has 0 spiro atoms. The van der Waals surface area contributed by atoms with Crippen molar-refractivity contribution in [2.75, 3.05) is 23.8 Å².